The van der Waals surface area contributed by atoms with Crippen molar-refractivity contribution in [3.63, 3.8) is 0 Å². The van der Waals surface area contributed by atoms with Gasteiger partial charge in [0.2, 0.25) is 0 Å². The normalized spacial score (nSPS) is 10.1. The van der Waals surface area contributed by atoms with E-state index in [9.17, 15) is 14.9 Å². The summed E-state index contributed by atoms with van der Waals surface area (Å²) in [4.78, 5) is 22.0. The van der Waals surface area contributed by atoms with Gasteiger partial charge in [0.1, 0.15) is 0 Å². The summed E-state index contributed by atoms with van der Waals surface area (Å²) in [5.41, 5.74) is 0.541. The first-order valence-corrected chi connectivity index (χ1v) is 6.17. The molecule has 1 amide bonds. The predicted octanol–water partition coefficient (Wildman–Crippen LogP) is 3.56. The monoisotopic (exact) mass is 282 g/mol. The van der Waals surface area contributed by atoms with Gasteiger partial charge in [0.25, 0.3) is 11.6 Å². The number of non-ortho nitro benzene ring substituents is 1. The van der Waals surface area contributed by atoms with Crippen LogP contribution in [-0.2, 0) is 0 Å². The predicted molar refractivity (Wildman–Crippen MR) is 70.4 cm³/mol. The molecule has 0 fully saturated rings. The number of benzene rings is 1. The second kappa shape index (κ2) is 5.16. The molecular weight excluding hydrogens is 276 g/mol. The van der Waals surface area contributed by atoms with Crippen molar-refractivity contribution in [2.45, 2.75) is 0 Å². The molecule has 0 aliphatic heterocycles. The van der Waals surface area contributed by atoms with Crippen molar-refractivity contribution in [2.75, 3.05) is 5.32 Å². The number of hydrogen-bond acceptors (Lipinski definition) is 4. The number of carbonyl (C=O) groups excluding carboxylic acids is 1. The maximum atomic E-state index is 11.9. The maximum absolute atomic E-state index is 11.9. The number of hydrogen-bond donors (Lipinski definition) is 1. The molecule has 0 aliphatic rings. The molecular formula is C11H7ClN2O3S. The van der Waals surface area contributed by atoms with Crippen LogP contribution in [0.1, 0.15) is 10.4 Å². The molecule has 0 saturated carbocycles. The third-order valence-corrected chi connectivity index (χ3v) is 3.20. The average molecular weight is 283 g/mol. The Kier molecular flexibility index (Phi) is 3.59. The first-order valence-electron chi connectivity index (χ1n) is 4.85. The van der Waals surface area contributed by atoms with Crippen LogP contribution >= 0.6 is 22.9 Å². The lowest BCUT2D eigenvalue weighted by Crippen LogP contribution is -2.12. The lowest BCUT2D eigenvalue weighted by atomic mass is 10.2. The van der Waals surface area contributed by atoms with Crippen LogP contribution in [0.4, 0.5) is 11.4 Å². The Morgan fingerprint density at radius 3 is 2.78 bits per heavy atom. The molecule has 1 heterocycles. The fourth-order valence-electron chi connectivity index (χ4n) is 1.33. The molecule has 0 spiro atoms. The van der Waals surface area contributed by atoms with E-state index in [-0.39, 0.29) is 16.3 Å². The summed E-state index contributed by atoms with van der Waals surface area (Å²) in [6.45, 7) is 0. The van der Waals surface area contributed by atoms with E-state index in [1.54, 1.807) is 11.4 Å². The van der Waals surface area contributed by atoms with Crippen molar-refractivity contribution in [3.05, 3.63) is 55.7 Å². The number of thiophene rings is 1. The molecule has 7 heteroatoms. The summed E-state index contributed by atoms with van der Waals surface area (Å²) in [5, 5.41) is 17.0. The van der Waals surface area contributed by atoms with Gasteiger partial charge in [-0.05, 0) is 17.5 Å². The number of halogens is 1. The average Bonchev–Trinajstić information content (AvgIpc) is 2.81. The molecule has 2 aromatic rings. The molecule has 0 atom stereocenters. The molecule has 92 valence electrons. The minimum Gasteiger partial charge on any atom is -0.321 e. The molecule has 0 radical (unpaired) electrons. The zero-order chi connectivity index (χ0) is 13.1. The van der Waals surface area contributed by atoms with E-state index in [1.165, 1.54) is 23.5 Å². The Labute approximate surface area is 111 Å². The van der Waals surface area contributed by atoms with Crippen LogP contribution in [0.3, 0.4) is 0 Å². The lowest BCUT2D eigenvalue weighted by molar-refractivity contribution is -0.384. The highest BCUT2D eigenvalue weighted by Gasteiger charge is 2.15. The van der Waals surface area contributed by atoms with Gasteiger partial charge >= 0.3 is 0 Å². The Morgan fingerprint density at radius 2 is 2.17 bits per heavy atom. The van der Waals surface area contributed by atoms with E-state index in [0.717, 1.165) is 6.07 Å². The Balaban J connectivity index is 2.29. The fourth-order valence-corrected chi connectivity index (χ4v) is 2.13. The molecule has 5 nitrogen and oxygen atoms in total. The SMILES string of the molecule is O=C(Nc1ccsc1)c1cc([N+](=O)[O-])ccc1Cl. The summed E-state index contributed by atoms with van der Waals surface area (Å²) in [6.07, 6.45) is 0. The van der Waals surface area contributed by atoms with Gasteiger partial charge < -0.3 is 5.32 Å². The van der Waals surface area contributed by atoms with Gasteiger partial charge in [0, 0.05) is 17.5 Å². The minimum atomic E-state index is -0.572. The molecule has 1 N–H and O–H groups in total. The van der Waals surface area contributed by atoms with Gasteiger partial charge in [0.15, 0.2) is 0 Å². The van der Waals surface area contributed by atoms with E-state index in [1.807, 2.05) is 5.38 Å². The van der Waals surface area contributed by atoms with Crippen LogP contribution in [0, 0.1) is 10.1 Å². The third kappa shape index (κ3) is 2.66. The molecule has 0 aliphatic carbocycles. The van der Waals surface area contributed by atoms with Crippen molar-refractivity contribution in [1.82, 2.24) is 0 Å². The van der Waals surface area contributed by atoms with E-state index in [2.05, 4.69) is 5.32 Å². The van der Waals surface area contributed by atoms with Crippen LogP contribution in [0.25, 0.3) is 0 Å². The van der Waals surface area contributed by atoms with Crippen molar-refractivity contribution in [1.29, 1.82) is 0 Å². The van der Waals surface area contributed by atoms with Gasteiger partial charge in [-0.2, -0.15) is 11.3 Å². The standard InChI is InChI=1S/C11H7ClN2O3S/c12-10-2-1-8(14(16)17)5-9(10)11(15)13-7-3-4-18-6-7/h1-6H,(H,13,15). The van der Waals surface area contributed by atoms with Crippen molar-refractivity contribution < 1.29 is 9.72 Å². The molecule has 2 rings (SSSR count). The van der Waals surface area contributed by atoms with Gasteiger partial charge in [-0.15, -0.1) is 0 Å². The summed E-state index contributed by atoms with van der Waals surface area (Å²) in [5.74, 6) is -0.470. The second-order valence-corrected chi connectivity index (χ2v) is 4.57. The van der Waals surface area contributed by atoms with Crippen molar-refractivity contribution in [3.8, 4) is 0 Å². The highest BCUT2D eigenvalue weighted by Crippen LogP contribution is 2.23. The number of rotatable bonds is 3. The van der Waals surface area contributed by atoms with Crippen LogP contribution < -0.4 is 5.32 Å². The van der Waals surface area contributed by atoms with E-state index >= 15 is 0 Å². The number of amides is 1. The molecule has 0 unspecified atom stereocenters. The highest BCUT2D eigenvalue weighted by molar-refractivity contribution is 7.08. The van der Waals surface area contributed by atoms with E-state index in [0.29, 0.717) is 5.69 Å². The zero-order valence-corrected chi connectivity index (χ0v) is 10.5. The van der Waals surface area contributed by atoms with Gasteiger partial charge in [-0.1, -0.05) is 11.6 Å². The molecule has 0 bridgehead atoms. The Bertz CT molecular complexity index is 598. The van der Waals surface area contributed by atoms with Crippen LogP contribution in [-0.4, -0.2) is 10.8 Å². The summed E-state index contributed by atoms with van der Waals surface area (Å²) >= 11 is 7.29. The van der Waals surface area contributed by atoms with Gasteiger partial charge in [-0.3, -0.25) is 14.9 Å². The first-order chi connectivity index (χ1) is 8.58. The number of carbonyl (C=O) groups is 1. The third-order valence-electron chi connectivity index (χ3n) is 2.18. The highest BCUT2D eigenvalue weighted by atomic mass is 35.5. The molecule has 18 heavy (non-hydrogen) atoms. The quantitative estimate of drug-likeness (QED) is 0.691. The summed E-state index contributed by atoms with van der Waals surface area (Å²) in [7, 11) is 0. The van der Waals surface area contributed by atoms with Gasteiger partial charge in [-0.25, -0.2) is 0 Å². The maximum Gasteiger partial charge on any atom is 0.270 e. The topological polar surface area (TPSA) is 72.2 Å². The van der Waals surface area contributed by atoms with Gasteiger partial charge in [0.05, 0.1) is 21.2 Å². The van der Waals surface area contributed by atoms with Crippen LogP contribution in [0.15, 0.2) is 35.0 Å². The Hall–Kier alpha value is -1.92. The van der Waals surface area contributed by atoms with Crippen molar-refractivity contribution >= 4 is 40.2 Å². The first kappa shape index (κ1) is 12.5. The number of nitro benzene ring substituents is 1. The number of nitro groups is 1. The molecule has 1 aromatic carbocycles. The van der Waals surface area contributed by atoms with Crippen molar-refractivity contribution in [2.24, 2.45) is 0 Å². The summed E-state index contributed by atoms with van der Waals surface area (Å²) < 4.78 is 0. The second-order valence-electron chi connectivity index (χ2n) is 3.39. The number of nitrogens with one attached hydrogen (secondary N) is 1. The number of nitrogens with zero attached hydrogens (tertiary/aromatic N) is 1. The van der Waals surface area contributed by atoms with Crippen LogP contribution in [0.2, 0.25) is 5.02 Å². The smallest absolute Gasteiger partial charge is 0.270 e. The number of anilines is 1. The lowest BCUT2D eigenvalue weighted by Gasteiger charge is -2.04. The van der Waals surface area contributed by atoms with E-state index < -0.39 is 10.8 Å². The fraction of sp³-hybridized carbons (Fsp3) is 0. The largest absolute Gasteiger partial charge is 0.321 e. The molecule has 1 aromatic heterocycles. The zero-order valence-electron chi connectivity index (χ0n) is 8.92. The summed E-state index contributed by atoms with van der Waals surface area (Å²) in [6, 6.07) is 5.48. The molecule has 0 saturated heterocycles. The minimum absolute atomic E-state index is 0.0806. The Morgan fingerprint density at radius 1 is 1.39 bits per heavy atom. The van der Waals surface area contributed by atoms with E-state index in [4.69, 9.17) is 11.6 Å². The van der Waals surface area contributed by atoms with Crippen LogP contribution in [0.5, 0.6) is 0 Å².